The Kier molecular flexibility index (Phi) is 12.1. The second-order valence-corrected chi connectivity index (χ2v) is 4.74. The van der Waals surface area contributed by atoms with Gasteiger partial charge in [-0.2, -0.15) is 0 Å². The summed E-state index contributed by atoms with van der Waals surface area (Å²) in [5.74, 6) is 0.735. The zero-order chi connectivity index (χ0) is 12.2. The lowest BCUT2D eigenvalue weighted by molar-refractivity contribution is 0.105. The second kappa shape index (κ2) is 11.8. The predicted octanol–water partition coefficient (Wildman–Crippen LogP) is 2.39. The standard InChI is InChI=1S/C12H26BrNO2/c1-4-5-12(10-13)11-14(6-8-15-2)7-9-16-3/h12H,4-11H2,1-3H3. The van der Waals surface area contributed by atoms with Crippen molar-refractivity contribution in [3.05, 3.63) is 0 Å². The minimum absolute atomic E-state index is 0.735. The highest BCUT2D eigenvalue weighted by molar-refractivity contribution is 9.09. The molecule has 0 radical (unpaired) electrons. The Morgan fingerprint density at radius 2 is 1.69 bits per heavy atom. The maximum atomic E-state index is 5.13. The largest absolute Gasteiger partial charge is 0.383 e. The number of ether oxygens (including phenoxy) is 2. The van der Waals surface area contributed by atoms with E-state index in [4.69, 9.17) is 9.47 Å². The Bertz CT molecular complexity index is 139. The van der Waals surface area contributed by atoms with Crippen LogP contribution in [0.15, 0.2) is 0 Å². The van der Waals surface area contributed by atoms with E-state index in [-0.39, 0.29) is 0 Å². The van der Waals surface area contributed by atoms with Gasteiger partial charge in [-0.3, -0.25) is 4.90 Å². The quantitative estimate of drug-likeness (QED) is 0.547. The molecule has 0 aliphatic heterocycles. The molecule has 0 aromatic carbocycles. The zero-order valence-corrected chi connectivity index (χ0v) is 12.5. The van der Waals surface area contributed by atoms with Gasteiger partial charge >= 0.3 is 0 Å². The molecule has 0 spiro atoms. The Morgan fingerprint density at radius 1 is 1.12 bits per heavy atom. The van der Waals surface area contributed by atoms with Crippen LogP contribution >= 0.6 is 15.9 Å². The van der Waals surface area contributed by atoms with E-state index in [1.54, 1.807) is 14.2 Å². The van der Waals surface area contributed by atoms with Crippen LogP contribution in [-0.4, -0.2) is 57.3 Å². The van der Waals surface area contributed by atoms with Crippen LogP contribution < -0.4 is 0 Å². The molecule has 0 N–H and O–H groups in total. The van der Waals surface area contributed by atoms with E-state index in [1.807, 2.05) is 0 Å². The van der Waals surface area contributed by atoms with E-state index in [0.29, 0.717) is 0 Å². The van der Waals surface area contributed by atoms with Crippen molar-refractivity contribution in [3.63, 3.8) is 0 Å². The predicted molar refractivity (Wildman–Crippen MR) is 72.4 cm³/mol. The van der Waals surface area contributed by atoms with E-state index in [2.05, 4.69) is 27.8 Å². The van der Waals surface area contributed by atoms with Gasteiger partial charge in [0, 0.05) is 39.2 Å². The van der Waals surface area contributed by atoms with E-state index < -0.39 is 0 Å². The average Bonchev–Trinajstić information content (AvgIpc) is 2.31. The summed E-state index contributed by atoms with van der Waals surface area (Å²) >= 11 is 3.59. The van der Waals surface area contributed by atoms with Crippen LogP contribution in [0.3, 0.4) is 0 Å². The molecule has 0 aromatic heterocycles. The second-order valence-electron chi connectivity index (χ2n) is 4.10. The van der Waals surface area contributed by atoms with Crippen molar-refractivity contribution in [2.24, 2.45) is 5.92 Å². The van der Waals surface area contributed by atoms with Gasteiger partial charge in [0.15, 0.2) is 0 Å². The van der Waals surface area contributed by atoms with Crippen LogP contribution in [0.25, 0.3) is 0 Å². The highest BCUT2D eigenvalue weighted by atomic mass is 79.9. The first-order valence-electron chi connectivity index (χ1n) is 6.04. The maximum Gasteiger partial charge on any atom is 0.0589 e. The zero-order valence-electron chi connectivity index (χ0n) is 10.9. The Balaban J connectivity index is 3.94. The molecule has 16 heavy (non-hydrogen) atoms. The SMILES string of the molecule is CCCC(CBr)CN(CCOC)CCOC. The minimum atomic E-state index is 0.735. The van der Waals surface area contributed by atoms with E-state index in [9.17, 15) is 0 Å². The number of hydrogen-bond acceptors (Lipinski definition) is 3. The van der Waals surface area contributed by atoms with E-state index in [1.165, 1.54) is 12.8 Å². The molecule has 0 rings (SSSR count). The fraction of sp³-hybridized carbons (Fsp3) is 1.00. The van der Waals surface area contributed by atoms with Crippen LogP contribution in [0.1, 0.15) is 19.8 Å². The first-order valence-corrected chi connectivity index (χ1v) is 7.16. The summed E-state index contributed by atoms with van der Waals surface area (Å²) < 4.78 is 10.3. The number of methoxy groups -OCH3 is 2. The molecule has 0 amide bonds. The van der Waals surface area contributed by atoms with E-state index in [0.717, 1.165) is 44.1 Å². The molecule has 0 bridgehead atoms. The summed E-state index contributed by atoms with van der Waals surface area (Å²) in [6.45, 7) is 6.95. The molecule has 0 fully saturated rings. The molecule has 0 aliphatic carbocycles. The first-order chi connectivity index (χ1) is 7.78. The van der Waals surface area contributed by atoms with Crippen LogP contribution in [0.5, 0.6) is 0 Å². The van der Waals surface area contributed by atoms with Crippen molar-refractivity contribution in [2.75, 3.05) is 52.4 Å². The van der Waals surface area contributed by atoms with Gasteiger partial charge in [0.1, 0.15) is 0 Å². The topological polar surface area (TPSA) is 21.7 Å². The number of halogens is 1. The van der Waals surface area contributed by atoms with Gasteiger partial charge in [-0.1, -0.05) is 29.3 Å². The highest BCUT2D eigenvalue weighted by Gasteiger charge is 2.12. The van der Waals surface area contributed by atoms with Crippen molar-refractivity contribution in [1.82, 2.24) is 4.90 Å². The van der Waals surface area contributed by atoms with Crippen molar-refractivity contribution in [1.29, 1.82) is 0 Å². The summed E-state index contributed by atoms with van der Waals surface area (Å²) in [5.41, 5.74) is 0. The summed E-state index contributed by atoms with van der Waals surface area (Å²) in [7, 11) is 3.50. The number of hydrogen-bond donors (Lipinski definition) is 0. The van der Waals surface area contributed by atoms with Gasteiger partial charge < -0.3 is 9.47 Å². The molecule has 0 aliphatic rings. The molecule has 3 nitrogen and oxygen atoms in total. The molecule has 0 heterocycles. The molecule has 1 atom stereocenters. The van der Waals surface area contributed by atoms with Gasteiger partial charge in [0.2, 0.25) is 0 Å². The van der Waals surface area contributed by atoms with Crippen LogP contribution in [0.2, 0.25) is 0 Å². The molecule has 0 saturated heterocycles. The average molecular weight is 296 g/mol. The number of nitrogens with zero attached hydrogens (tertiary/aromatic N) is 1. The van der Waals surface area contributed by atoms with Crippen molar-refractivity contribution >= 4 is 15.9 Å². The molecular weight excluding hydrogens is 270 g/mol. The number of alkyl halides is 1. The summed E-state index contributed by atoms with van der Waals surface area (Å²) in [4.78, 5) is 2.43. The normalized spacial score (nSPS) is 13.3. The summed E-state index contributed by atoms with van der Waals surface area (Å²) in [6.07, 6.45) is 2.53. The first kappa shape index (κ1) is 16.4. The third-order valence-corrected chi connectivity index (χ3v) is 3.57. The Hall–Kier alpha value is 0.360. The Morgan fingerprint density at radius 3 is 2.06 bits per heavy atom. The van der Waals surface area contributed by atoms with Crippen molar-refractivity contribution in [2.45, 2.75) is 19.8 Å². The van der Waals surface area contributed by atoms with Gasteiger partial charge in [-0.25, -0.2) is 0 Å². The lowest BCUT2D eigenvalue weighted by atomic mass is 10.1. The van der Waals surface area contributed by atoms with Crippen LogP contribution in [0, 0.1) is 5.92 Å². The van der Waals surface area contributed by atoms with E-state index >= 15 is 0 Å². The minimum Gasteiger partial charge on any atom is -0.383 e. The third kappa shape index (κ3) is 8.50. The van der Waals surface area contributed by atoms with Gasteiger partial charge in [-0.05, 0) is 12.3 Å². The molecular formula is C12H26BrNO2. The van der Waals surface area contributed by atoms with Gasteiger partial charge in [-0.15, -0.1) is 0 Å². The number of rotatable bonds is 11. The lowest BCUT2D eigenvalue weighted by Gasteiger charge is -2.26. The molecule has 0 aromatic rings. The molecule has 98 valence electrons. The van der Waals surface area contributed by atoms with Crippen LogP contribution in [0.4, 0.5) is 0 Å². The molecule has 0 saturated carbocycles. The molecule has 4 heteroatoms. The van der Waals surface area contributed by atoms with Gasteiger partial charge in [0.05, 0.1) is 13.2 Å². The van der Waals surface area contributed by atoms with Crippen LogP contribution in [-0.2, 0) is 9.47 Å². The smallest absolute Gasteiger partial charge is 0.0589 e. The third-order valence-electron chi connectivity index (χ3n) is 2.65. The highest BCUT2D eigenvalue weighted by Crippen LogP contribution is 2.11. The summed E-state index contributed by atoms with van der Waals surface area (Å²) in [5, 5.41) is 1.08. The van der Waals surface area contributed by atoms with Crippen molar-refractivity contribution < 1.29 is 9.47 Å². The fourth-order valence-corrected chi connectivity index (χ4v) is 2.25. The molecule has 1 unspecified atom stereocenters. The van der Waals surface area contributed by atoms with Gasteiger partial charge in [0.25, 0.3) is 0 Å². The maximum absolute atomic E-state index is 5.13. The Labute approximate surface area is 109 Å². The monoisotopic (exact) mass is 295 g/mol. The lowest BCUT2D eigenvalue weighted by Crippen LogP contribution is -2.35. The fourth-order valence-electron chi connectivity index (χ4n) is 1.73. The summed E-state index contributed by atoms with van der Waals surface area (Å²) in [6, 6.07) is 0. The van der Waals surface area contributed by atoms with Crippen molar-refractivity contribution in [3.8, 4) is 0 Å².